The van der Waals surface area contributed by atoms with Crippen molar-refractivity contribution in [1.29, 1.82) is 0 Å². The summed E-state index contributed by atoms with van der Waals surface area (Å²) in [5.74, 6) is 1.88. The van der Waals surface area contributed by atoms with Gasteiger partial charge in [-0.1, -0.05) is 133 Å². The van der Waals surface area contributed by atoms with Gasteiger partial charge in [0.1, 0.15) is 0 Å². The fourth-order valence-corrected chi connectivity index (χ4v) is 6.50. The minimum Gasteiger partial charge on any atom is -0.265 e. The highest BCUT2D eigenvalue weighted by Gasteiger charge is 2.14. The maximum absolute atomic E-state index is 4.99. The van der Waals surface area contributed by atoms with Crippen molar-refractivity contribution in [3.8, 4) is 90.2 Å². The highest BCUT2D eigenvalue weighted by Crippen LogP contribution is 2.33. The van der Waals surface area contributed by atoms with E-state index in [1.807, 2.05) is 66.7 Å². The Labute approximate surface area is 313 Å². The maximum Gasteiger partial charge on any atom is 0.164 e. The number of rotatable bonds is 8. The van der Waals surface area contributed by atoms with Crippen molar-refractivity contribution in [3.05, 3.63) is 195 Å². The van der Waals surface area contributed by atoms with E-state index in [1.54, 1.807) is 18.6 Å². The Kier molecular flexibility index (Phi) is 8.81. The molecule has 0 bridgehead atoms. The smallest absolute Gasteiger partial charge is 0.164 e. The Bertz CT molecular complexity index is 2610. The lowest BCUT2D eigenvalue weighted by atomic mass is 9.97. The zero-order valence-electron chi connectivity index (χ0n) is 29.2. The lowest BCUT2D eigenvalue weighted by Gasteiger charge is -2.12. The molecule has 0 fully saturated rings. The third-order valence-corrected chi connectivity index (χ3v) is 9.32. The molecule has 54 heavy (non-hydrogen) atoms. The van der Waals surface area contributed by atoms with Crippen molar-refractivity contribution in [3.63, 3.8) is 0 Å². The van der Waals surface area contributed by atoms with Gasteiger partial charge in [-0.15, -0.1) is 0 Å². The Morgan fingerprint density at radius 3 is 1.30 bits per heavy atom. The van der Waals surface area contributed by atoms with Gasteiger partial charge in [-0.05, 0) is 75.8 Å². The number of hydrogen-bond donors (Lipinski definition) is 0. The predicted molar refractivity (Wildman–Crippen MR) is 217 cm³/mol. The molecular formula is C48H32N6. The minimum absolute atomic E-state index is 0.619. The van der Waals surface area contributed by atoms with Crippen LogP contribution in [0.15, 0.2) is 195 Å². The summed E-state index contributed by atoms with van der Waals surface area (Å²) in [6.45, 7) is 0. The van der Waals surface area contributed by atoms with E-state index in [0.29, 0.717) is 17.5 Å². The molecule has 6 heteroatoms. The van der Waals surface area contributed by atoms with Gasteiger partial charge >= 0.3 is 0 Å². The van der Waals surface area contributed by atoms with Crippen LogP contribution in [-0.4, -0.2) is 29.9 Å². The second-order valence-electron chi connectivity index (χ2n) is 12.9. The fourth-order valence-electron chi connectivity index (χ4n) is 6.50. The molecule has 4 aromatic heterocycles. The normalized spacial score (nSPS) is 11.0. The zero-order chi connectivity index (χ0) is 36.1. The van der Waals surface area contributed by atoms with Crippen LogP contribution in [0.3, 0.4) is 0 Å². The van der Waals surface area contributed by atoms with Crippen LogP contribution >= 0.6 is 0 Å². The summed E-state index contributed by atoms with van der Waals surface area (Å²) in [4.78, 5) is 28.6. The van der Waals surface area contributed by atoms with Crippen molar-refractivity contribution in [2.24, 2.45) is 0 Å². The molecule has 0 aliphatic heterocycles. The third-order valence-electron chi connectivity index (χ3n) is 9.32. The third kappa shape index (κ3) is 6.92. The average molecular weight is 693 g/mol. The Hall–Kier alpha value is -7.44. The first-order valence-electron chi connectivity index (χ1n) is 17.8. The van der Waals surface area contributed by atoms with E-state index in [1.165, 1.54) is 5.56 Å². The van der Waals surface area contributed by atoms with Gasteiger partial charge in [-0.2, -0.15) is 0 Å². The van der Waals surface area contributed by atoms with Crippen LogP contribution in [0.5, 0.6) is 0 Å². The number of hydrogen-bond acceptors (Lipinski definition) is 6. The van der Waals surface area contributed by atoms with Crippen molar-refractivity contribution in [2.75, 3.05) is 0 Å². The highest BCUT2D eigenvalue weighted by molar-refractivity contribution is 5.79. The van der Waals surface area contributed by atoms with Crippen molar-refractivity contribution < 1.29 is 0 Å². The molecular weight excluding hydrogens is 661 g/mol. The first-order chi connectivity index (χ1) is 26.7. The standard InChI is InChI=1S/C48H32N6/c1-3-10-33(11-4-1)34-17-21-38(22-18-34)47-52-46(37-12-5-2-6-13-37)53-48(54-47)39-23-19-35(20-24-39)40-14-9-15-41(30-40)42-31-44(36-25-28-49-29-26-36)51-45(32-42)43-16-7-8-27-50-43/h1-32H. The van der Waals surface area contributed by atoms with Crippen molar-refractivity contribution in [1.82, 2.24) is 29.9 Å². The van der Waals surface area contributed by atoms with Gasteiger partial charge in [0.05, 0.1) is 17.1 Å². The molecule has 6 nitrogen and oxygen atoms in total. The van der Waals surface area contributed by atoms with E-state index >= 15 is 0 Å². The molecule has 0 amide bonds. The second-order valence-corrected chi connectivity index (χ2v) is 12.9. The van der Waals surface area contributed by atoms with Crippen LogP contribution in [0.4, 0.5) is 0 Å². The molecule has 0 saturated heterocycles. The van der Waals surface area contributed by atoms with Gasteiger partial charge in [-0.25, -0.2) is 19.9 Å². The number of nitrogens with zero attached hydrogens (tertiary/aromatic N) is 6. The van der Waals surface area contributed by atoms with Gasteiger partial charge in [0.2, 0.25) is 0 Å². The summed E-state index contributed by atoms with van der Waals surface area (Å²) in [6.07, 6.45) is 5.37. The summed E-state index contributed by atoms with van der Waals surface area (Å²) < 4.78 is 0. The molecule has 0 atom stereocenters. The Balaban J connectivity index is 1.06. The molecule has 0 aliphatic carbocycles. The second kappa shape index (κ2) is 14.7. The molecule has 0 radical (unpaired) electrons. The molecule has 5 aromatic carbocycles. The van der Waals surface area contributed by atoms with Crippen molar-refractivity contribution in [2.45, 2.75) is 0 Å². The fraction of sp³-hybridized carbons (Fsp3) is 0. The van der Waals surface area contributed by atoms with Gasteiger partial charge in [-0.3, -0.25) is 9.97 Å². The SMILES string of the molecule is c1ccc(-c2ccc(-c3nc(-c4ccccc4)nc(-c4ccc(-c5cccc(-c6cc(-c7ccncc7)nc(-c7ccccn7)c6)c5)cc4)n3)cc2)cc1. The van der Waals surface area contributed by atoms with E-state index in [9.17, 15) is 0 Å². The van der Waals surface area contributed by atoms with Crippen LogP contribution in [0.25, 0.3) is 90.2 Å². The Morgan fingerprint density at radius 2 is 0.704 bits per heavy atom. The van der Waals surface area contributed by atoms with E-state index < -0.39 is 0 Å². The summed E-state index contributed by atoms with van der Waals surface area (Å²) >= 11 is 0. The average Bonchev–Trinajstić information content (AvgIpc) is 3.27. The molecule has 0 N–H and O–H groups in total. The first kappa shape index (κ1) is 32.5. The van der Waals surface area contributed by atoms with Crippen LogP contribution in [0.2, 0.25) is 0 Å². The van der Waals surface area contributed by atoms with Crippen LogP contribution < -0.4 is 0 Å². The number of aromatic nitrogens is 6. The first-order valence-corrected chi connectivity index (χ1v) is 17.8. The number of benzene rings is 5. The molecule has 9 aromatic rings. The summed E-state index contributed by atoms with van der Waals surface area (Å²) in [5, 5.41) is 0. The lowest BCUT2D eigenvalue weighted by molar-refractivity contribution is 1.07. The van der Waals surface area contributed by atoms with Gasteiger partial charge < -0.3 is 0 Å². The predicted octanol–water partition coefficient (Wildman–Crippen LogP) is 11.4. The molecule has 0 saturated carbocycles. The Morgan fingerprint density at radius 1 is 0.241 bits per heavy atom. The molecule has 9 rings (SSSR count). The van der Waals surface area contributed by atoms with Crippen molar-refractivity contribution >= 4 is 0 Å². The molecule has 0 aliphatic rings. The monoisotopic (exact) mass is 692 g/mol. The van der Waals surface area contributed by atoms with E-state index in [4.69, 9.17) is 19.9 Å². The largest absolute Gasteiger partial charge is 0.265 e. The highest BCUT2D eigenvalue weighted by atomic mass is 15.0. The van der Waals surface area contributed by atoms with Crippen LogP contribution in [0.1, 0.15) is 0 Å². The van der Waals surface area contributed by atoms with E-state index in [2.05, 4.69) is 119 Å². The summed E-state index contributed by atoms with van der Waals surface area (Å²) in [7, 11) is 0. The zero-order valence-corrected chi connectivity index (χ0v) is 29.2. The topological polar surface area (TPSA) is 77.3 Å². The molecule has 254 valence electrons. The maximum atomic E-state index is 4.99. The molecule has 4 heterocycles. The van der Waals surface area contributed by atoms with Gasteiger partial charge in [0.15, 0.2) is 17.5 Å². The van der Waals surface area contributed by atoms with Gasteiger partial charge in [0.25, 0.3) is 0 Å². The minimum atomic E-state index is 0.619. The van der Waals surface area contributed by atoms with E-state index in [0.717, 1.165) is 67.2 Å². The summed E-state index contributed by atoms with van der Waals surface area (Å²) in [6, 6.07) is 59.9. The summed E-state index contributed by atoms with van der Waals surface area (Å²) in [5.41, 5.74) is 12.9. The van der Waals surface area contributed by atoms with E-state index in [-0.39, 0.29) is 0 Å². The van der Waals surface area contributed by atoms with Crippen LogP contribution in [0, 0.1) is 0 Å². The lowest BCUT2D eigenvalue weighted by Crippen LogP contribution is -2.00. The number of pyridine rings is 3. The molecule has 0 unspecified atom stereocenters. The van der Waals surface area contributed by atoms with Gasteiger partial charge in [0, 0.05) is 40.8 Å². The van der Waals surface area contributed by atoms with Crippen LogP contribution in [-0.2, 0) is 0 Å². The quantitative estimate of drug-likeness (QED) is 0.158. The molecule has 0 spiro atoms.